The molecule has 0 unspecified atom stereocenters. The van der Waals surface area contributed by atoms with E-state index in [0.29, 0.717) is 35.5 Å². The molecule has 0 spiro atoms. The maximum absolute atomic E-state index is 14.9. The number of nitrogens with one attached hydrogen (secondary N) is 1. The van der Waals surface area contributed by atoms with Crippen LogP contribution in [0.2, 0.25) is 5.02 Å². The molecule has 5 nitrogen and oxygen atoms in total. The first-order chi connectivity index (χ1) is 16.5. The van der Waals surface area contributed by atoms with Gasteiger partial charge in [0.15, 0.2) is 0 Å². The Bertz CT molecular complexity index is 1280. The normalized spacial score (nSPS) is 13.5. The number of benzene rings is 2. The molecule has 0 fully saturated rings. The third-order valence-electron chi connectivity index (χ3n) is 5.62. The van der Waals surface area contributed by atoms with E-state index < -0.39 is 30.1 Å². The number of rotatable bonds is 6. The monoisotopic (exact) mass is 511 g/mol. The van der Waals surface area contributed by atoms with Gasteiger partial charge in [-0.25, -0.2) is 0 Å². The highest BCUT2D eigenvalue weighted by Crippen LogP contribution is 2.36. The summed E-state index contributed by atoms with van der Waals surface area (Å²) in [5.74, 6) is -4.86. The van der Waals surface area contributed by atoms with Crippen LogP contribution in [0.3, 0.4) is 0 Å². The summed E-state index contributed by atoms with van der Waals surface area (Å²) in [5.41, 5.74) is -0.101. The highest BCUT2D eigenvalue weighted by molar-refractivity contribution is 6.30. The SMILES string of the molecule is Cc1cc(Cl)ccc1C(F)(F)CNC(=O)c1c(Oc2cccc(C(F)(F)F)c2)nnc2c1CCC2. The van der Waals surface area contributed by atoms with Crippen molar-refractivity contribution in [1.82, 2.24) is 15.5 Å². The number of carbonyl (C=O) groups excluding carboxylic acids is 1. The predicted octanol–water partition coefficient (Wildman–Crippen LogP) is 6.26. The predicted molar refractivity (Wildman–Crippen MR) is 118 cm³/mol. The van der Waals surface area contributed by atoms with E-state index in [2.05, 4.69) is 15.5 Å². The van der Waals surface area contributed by atoms with Crippen LogP contribution in [-0.4, -0.2) is 22.6 Å². The van der Waals surface area contributed by atoms with Crippen LogP contribution in [-0.2, 0) is 24.9 Å². The van der Waals surface area contributed by atoms with Crippen molar-refractivity contribution in [3.05, 3.63) is 81.0 Å². The third-order valence-corrected chi connectivity index (χ3v) is 5.86. The van der Waals surface area contributed by atoms with Crippen molar-refractivity contribution >= 4 is 17.5 Å². The Hall–Kier alpha value is -3.27. The summed E-state index contributed by atoms with van der Waals surface area (Å²) in [7, 11) is 0. The van der Waals surface area contributed by atoms with E-state index in [1.165, 1.54) is 31.2 Å². The second-order valence-corrected chi connectivity index (χ2v) is 8.57. The van der Waals surface area contributed by atoms with Gasteiger partial charge >= 0.3 is 6.18 Å². The summed E-state index contributed by atoms with van der Waals surface area (Å²) in [4.78, 5) is 13.1. The van der Waals surface area contributed by atoms with Gasteiger partial charge in [-0.2, -0.15) is 27.1 Å². The first kappa shape index (κ1) is 24.8. The molecule has 0 aliphatic heterocycles. The number of amides is 1. The van der Waals surface area contributed by atoms with E-state index in [-0.39, 0.29) is 28.3 Å². The molecule has 0 atom stereocenters. The van der Waals surface area contributed by atoms with Crippen molar-refractivity contribution in [1.29, 1.82) is 0 Å². The van der Waals surface area contributed by atoms with E-state index >= 15 is 0 Å². The van der Waals surface area contributed by atoms with Crippen LogP contribution in [0.15, 0.2) is 42.5 Å². The summed E-state index contributed by atoms with van der Waals surface area (Å²) in [6, 6.07) is 7.96. The summed E-state index contributed by atoms with van der Waals surface area (Å²) in [5, 5.41) is 10.4. The second-order valence-electron chi connectivity index (χ2n) is 8.13. The molecule has 1 heterocycles. The van der Waals surface area contributed by atoms with Crippen LogP contribution in [0.25, 0.3) is 0 Å². The number of halogens is 6. The Morgan fingerprint density at radius 1 is 1.09 bits per heavy atom. The summed E-state index contributed by atoms with van der Waals surface area (Å²) in [6.45, 7) is 0.464. The van der Waals surface area contributed by atoms with Crippen molar-refractivity contribution in [2.45, 2.75) is 38.3 Å². The topological polar surface area (TPSA) is 64.1 Å². The Kier molecular flexibility index (Phi) is 6.68. The van der Waals surface area contributed by atoms with Crippen molar-refractivity contribution in [2.75, 3.05) is 6.54 Å². The molecular formula is C24H19ClF5N3O2. The molecule has 11 heteroatoms. The van der Waals surface area contributed by atoms with E-state index in [1.807, 2.05) is 0 Å². The lowest BCUT2D eigenvalue weighted by Crippen LogP contribution is -2.36. The molecule has 1 amide bonds. The molecule has 35 heavy (non-hydrogen) atoms. The van der Waals surface area contributed by atoms with Crippen molar-refractivity contribution in [3.8, 4) is 11.6 Å². The van der Waals surface area contributed by atoms with Gasteiger partial charge in [-0.3, -0.25) is 4.79 Å². The Balaban J connectivity index is 1.62. The number of alkyl halides is 5. The number of ether oxygens (including phenoxy) is 1. The Morgan fingerprint density at radius 3 is 2.57 bits per heavy atom. The fraction of sp³-hybridized carbons (Fsp3) is 0.292. The molecule has 3 aromatic rings. The van der Waals surface area contributed by atoms with Gasteiger partial charge in [-0.15, -0.1) is 5.10 Å². The van der Waals surface area contributed by atoms with Crippen LogP contribution < -0.4 is 10.1 Å². The largest absolute Gasteiger partial charge is 0.437 e. The smallest absolute Gasteiger partial charge is 0.416 e. The maximum atomic E-state index is 14.9. The van der Waals surface area contributed by atoms with Crippen LogP contribution in [0.5, 0.6) is 11.6 Å². The first-order valence-electron chi connectivity index (χ1n) is 10.6. The van der Waals surface area contributed by atoms with Gasteiger partial charge in [0, 0.05) is 10.6 Å². The molecule has 0 saturated heterocycles. The number of hydrogen-bond donors (Lipinski definition) is 1. The van der Waals surface area contributed by atoms with Crippen molar-refractivity contribution < 1.29 is 31.5 Å². The number of fused-ring (bicyclic) bond motifs is 1. The van der Waals surface area contributed by atoms with Crippen molar-refractivity contribution in [3.63, 3.8) is 0 Å². The minimum atomic E-state index is -4.60. The lowest BCUT2D eigenvalue weighted by atomic mass is 10.0. The molecule has 184 valence electrons. The average Bonchev–Trinajstić information content (AvgIpc) is 3.25. The van der Waals surface area contributed by atoms with E-state index in [9.17, 15) is 26.7 Å². The molecule has 0 radical (unpaired) electrons. The fourth-order valence-corrected chi connectivity index (χ4v) is 4.18. The lowest BCUT2D eigenvalue weighted by molar-refractivity contribution is -0.137. The van der Waals surface area contributed by atoms with Gasteiger partial charge < -0.3 is 10.1 Å². The quantitative estimate of drug-likeness (QED) is 0.397. The highest BCUT2D eigenvalue weighted by Gasteiger charge is 2.35. The molecule has 1 aromatic heterocycles. The van der Waals surface area contributed by atoms with Gasteiger partial charge in [-0.05, 0) is 67.6 Å². The van der Waals surface area contributed by atoms with Gasteiger partial charge in [0.1, 0.15) is 11.3 Å². The number of carbonyl (C=O) groups is 1. The van der Waals surface area contributed by atoms with Gasteiger partial charge in [0.2, 0.25) is 0 Å². The van der Waals surface area contributed by atoms with Crippen LogP contribution in [0, 0.1) is 6.92 Å². The first-order valence-corrected chi connectivity index (χ1v) is 11.0. The van der Waals surface area contributed by atoms with Crippen LogP contribution >= 0.6 is 11.6 Å². The molecule has 1 N–H and O–H groups in total. The number of nitrogens with zero attached hydrogens (tertiary/aromatic N) is 2. The average molecular weight is 512 g/mol. The summed E-state index contributed by atoms with van der Waals surface area (Å²) < 4.78 is 74.5. The van der Waals surface area contributed by atoms with Crippen LogP contribution in [0.4, 0.5) is 22.0 Å². The van der Waals surface area contributed by atoms with E-state index in [4.69, 9.17) is 16.3 Å². The molecule has 2 aromatic carbocycles. The Labute approximate surface area is 202 Å². The summed E-state index contributed by atoms with van der Waals surface area (Å²) in [6.07, 6.45) is -2.97. The third kappa shape index (κ3) is 5.37. The molecule has 1 aliphatic carbocycles. The number of hydrogen-bond acceptors (Lipinski definition) is 4. The lowest BCUT2D eigenvalue weighted by Gasteiger charge is -2.20. The van der Waals surface area contributed by atoms with Crippen molar-refractivity contribution in [2.24, 2.45) is 0 Å². The molecule has 0 saturated carbocycles. The van der Waals surface area contributed by atoms with E-state index in [1.54, 1.807) is 0 Å². The van der Waals surface area contributed by atoms with Crippen LogP contribution in [0.1, 0.15) is 44.7 Å². The molecule has 0 bridgehead atoms. The zero-order valence-corrected chi connectivity index (χ0v) is 19.1. The van der Waals surface area contributed by atoms with Gasteiger partial charge in [0.05, 0.1) is 17.8 Å². The Morgan fingerprint density at radius 2 is 1.86 bits per heavy atom. The maximum Gasteiger partial charge on any atom is 0.416 e. The molecular weight excluding hydrogens is 493 g/mol. The second kappa shape index (κ2) is 9.41. The van der Waals surface area contributed by atoms with E-state index in [0.717, 1.165) is 18.2 Å². The number of aryl methyl sites for hydroxylation is 2. The highest BCUT2D eigenvalue weighted by atomic mass is 35.5. The minimum Gasteiger partial charge on any atom is -0.437 e. The zero-order valence-electron chi connectivity index (χ0n) is 18.3. The van der Waals surface area contributed by atoms with Gasteiger partial charge in [0.25, 0.3) is 17.7 Å². The standard InChI is InChI=1S/C24H19ClF5N3O2/c1-13-10-15(25)8-9-18(13)23(26,27)12-31-21(34)20-17-6-3-7-19(17)32-33-22(20)35-16-5-2-4-14(11-16)24(28,29)30/h2,4-5,8-11H,3,6-7,12H2,1H3,(H,31,34). The fourth-order valence-electron chi connectivity index (χ4n) is 3.96. The summed E-state index contributed by atoms with van der Waals surface area (Å²) >= 11 is 5.84. The molecule has 4 rings (SSSR count). The van der Waals surface area contributed by atoms with Gasteiger partial charge in [-0.1, -0.05) is 23.7 Å². The zero-order chi connectivity index (χ0) is 25.4. The molecule has 1 aliphatic rings. The minimum absolute atomic E-state index is 0.117. The number of aromatic nitrogens is 2.